The molecule has 0 saturated carbocycles. The molecule has 0 atom stereocenters. The van der Waals surface area contributed by atoms with Crippen LogP contribution in [0, 0.1) is 6.92 Å². The molecule has 3 aromatic heterocycles. The van der Waals surface area contributed by atoms with Crippen molar-refractivity contribution in [3.63, 3.8) is 0 Å². The zero-order chi connectivity index (χ0) is 21.4. The van der Waals surface area contributed by atoms with Gasteiger partial charge < -0.3 is 10.5 Å². The number of ether oxygens (including phenoxy) is 1. The molecule has 3 heterocycles. The van der Waals surface area contributed by atoms with E-state index in [1.807, 2.05) is 20.8 Å². The van der Waals surface area contributed by atoms with Gasteiger partial charge in [-0.05, 0) is 57.5 Å². The van der Waals surface area contributed by atoms with Gasteiger partial charge in [-0.2, -0.15) is 13.2 Å². The first-order valence-electron chi connectivity index (χ1n) is 8.91. The number of nitrogen functional groups attached to an aromatic ring is 1. The van der Waals surface area contributed by atoms with E-state index in [1.54, 1.807) is 25.1 Å². The van der Waals surface area contributed by atoms with Crippen molar-refractivity contribution < 1.29 is 17.9 Å². The van der Waals surface area contributed by atoms with E-state index in [9.17, 15) is 13.2 Å². The minimum Gasteiger partial charge on any atom is -0.472 e. The van der Waals surface area contributed by atoms with Crippen LogP contribution in [0.25, 0.3) is 22.4 Å². The number of hydrogen-bond acceptors (Lipinski definition) is 5. The highest BCUT2D eigenvalue weighted by Crippen LogP contribution is 2.40. The van der Waals surface area contributed by atoms with E-state index in [1.165, 1.54) is 18.3 Å². The Hall–Kier alpha value is -3.16. The fourth-order valence-corrected chi connectivity index (χ4v) is 2.86. The number of alkyl halides is 3. The highest BCUT2D eigenvalue weighted by atomic mass is 19.4. The lowest BCUT2D eigenvalue weighted by Gasteiger charge is -2.24. The number of nitrogens with two attached hydrogens (primary N) is 1. The monoisotopic (exact) mass is 402 g/mol. The van der Waals surface area contributed by atoms with Crippen LogP contribution in [0.5, 0.6) is 5.88 Å². The predicted molar refractivity (Wildman–Crippen MR) is 105 cm³/mol. The maximum absolute atomic E-state index is 13.6. The first kappa shape index (κ1) is 20.6. The van der Waals surface area contributed by atoms with E-state index in [4.69, 9.17) is 10.5 Å². The molecule has 0 aliphatic rings. The van der Waals surface area contributed by atoms with Gasteiger partial charge in [0.2, 0.25) is 5.88 Å². The molecule has 0 aliphatic heterocycles. The largest absolute Gasteiger partial charge is 0.472 e. The van der Waals surface area contributed by atoms with Crippen molar-refractivity contribution in [2.24, 2.45) is 0 Å². The van der Waals surface area contributed by atoms with Gasteiger partial charge >= 0.3 is 6.18 Å². The highest BCUT2D eigenvalue weighted by Gasteiger charge is 2.36. The second-order valence-electron chi connectivity index (χ2n) is 7.57. The zero-order valence-corrected chi connectivity index (χ0v) is 16.5. The summed E-state index contributed by atoms with van der Waals surface area (Å²) in [4.78, 5) is 12.1. The minimum atomic E-state index is -4.60. The SMILES string of the molecule is Cc1c(-c2cccnc2C(F)(F)F)cc(-c2ccnc(N)c2)nc1OC(C)(C)C. The fraction of sp³-hybridized carbons (Fsp3) is 0.286. The van der Waals surface area contributed by atoms with Crippen LogP contribution in [0.2, 0.25) is 0 Å². The van der Waals surface area contributed by atoms with Crippen LogP contribution in [-0.4, -0.2) is 20.6 Å². The third-order valence-corrected chi connectivity index (χ3v) is 4.07. The summed E-state index contributed by atoms with van der Waals surface area (Å²) in [5.41, 5.74) is 6.05. The quantitative estimate of drug-likeness (QED) is 0.644. The van der Waals surface area contributed by atoms with Crippen molar-refractivity contribution in [2.45, 2.75) is 39.5 Å². The number of anilines is 1. The molecule has 2 N–H and O–H groups in total. The minimum absolute atomic E-state index is 0.0399. The molecule has 3 rings (SSSR count). The van der Waals surface area contributed by atoms with Gasteiger partial charge in [-0.3, -0.25) is 4.98 Å². The van der Waals surface area contributed by atoms with Gasteiger partial charge in [0.1, 0.15) is 11.4 Å². The van der Waals surface area contributed by atoms with E-state index in [2.05, 4.69) is 15.0 Å². The van der Waals surface area contributed by atoms with Gasteiger partial charge in [-0.25, -0.2) is 9.97 Å². The molecular formula is C21H21F3N4O. The molecule has 0 aromatic carbocycles. The number of nitrogens with zero attached hydrogens (tertiary/aromatic N) is 3. The first-order valence-corrected chi connectivity index (χ1v) is 8.91. The molecule has 0 unspecified atom stereocenters. The van der Waals surface area contributed by atoms with E-state index < -0.39 is 17.5 Å². The number of pyridine rings is 3. The van der Waals surface area contributed by atoms with Gasteiger partial charge in [0, 0.05) is 29.1 Å². The van der Waals surface area contributed by atoms with Gasteiger partial charge in [-0.1, -0.05) is 6.07 Å². The summed E-state index contributed by atoms with van der Waals surface area (Å²) in [6.45, 7) is 7.21. The summed E-state index contributed by atoms with van der Waals surface area (Å²) in [5, 5.41) is 0. The van der Waals surface area contributed by atoms with E-state index in [-0.39, 0.29) is 17.3 Å². The lowest BCUT2D eigenvalue weighted by atomic mass is 9.97. The van der Waals surface area contributed by atoms with Crippen LogP contribution in [-0.2, 0) is 6.18 Å². The predicted octanol–water partition coefficient (Wildman–Crippen LogP) is 5.29. The molecule has 29 heavy (non-hydrogen) atoms. The molecule has 8 heteroatoms. The van der Waals surface area contributed by atoms with Crippen molar-refractivity contribution in [2.75, 3.05) is 5.73 Å². The Kier molecular flexibility index (Phi) is 5.21. The summed E-state index contributed by atoms with van der Waals surface area (Å²) in [6.07, 6.45) is -1.96. The molecule has 0 fully saturated rings. The Morgan fingerprint density at radius 2 is 1.69 bits per heavy atom. The van der Waals surface area contributed by atoms with E-state index >= 15 is 0 Å². The van der Waals surface area contributed by atoms with Crippen molar-refractivity contribution in [1.29, 1.82) is 0 Å². The van der Waals surface area contributed by atoms with Gasteiger partial charge in [0.15, 0.2) is 5.69 Å². The molecule has 152 valence electrons. The molecule has 5 nitrogen and oxygen atoms in total. The number of aromatic nitrogens is 3. The Bertz CT molecular complexity index is 1040. The average Bonchev–Trinajstić information content (AvgIpc) is 2.61. The second-order valence-corrected chi connectivity index (χ2v) is 7.57. The summed E-state index contributed by atoms with van der Waals surface area (Å²) < 4.78 is 46.7. The third-order valence-electron chi connectivity index (χ3n) is 4.07. The average molecular weight is 402 g/mol. The molecule has 0 saturated heterocycles. The Balaban J connectivity index is 2.30. The van der Waals surface area contributed by atoms with Gasteiger partial charge in [0.25, 0.3) is 0 Å². The molecule has 0 aliphatic carbocycles. The maximum Gasteiger partial charge on any atom is 0.433 e. The number of halogens is 3. The third kappa shape index (κ3) is 4.64. The Morgan fingerprint density at radius 3 is 2.31 bits per heavy atom. The summed E-state index contributed by atoms with van der Waals surface area (Å²) >= 11 is 0. The van der Waals surface area contributed by atoms with Crippen LogP contribution >= 0.6 is 0 Å². The molecule has 0 radical (unpaired) electrons. The molecule has 0 bridgehead atoms. The second kappa shape index (κ2) is 7.35. The molecule has 0 spiro atoms. The van der Waals surface area contributed by atoms with E-state index in [0.29, 0.717) is 22.4 Å². The maximum atomic E-state index is 13.6. The Morgan fingerprint density at radius 1 is 0.966 bits per heavy atom. The Labute approximate surface area is 166 Å². The standard InChI is InChI=1S/C21H21F3N4O/c1-12-15(14-6-5-8-27-18(14)21(22,23)24)11-16(13-7-9-26-17(25)10-13)28-19(12)29-20(2,3)4/h5-11H,1-4H3,(H2,25,26). The highest BCUT2D eigenvalue weighted by molar-refractivity contribution is 5.77. The van der Waals surface area contributed by atoms with Gasteiger partial charge in [-0.15, -0.1) is 0 Å². The van der Waals surface area contributed by atoms with Crippen LogP contribution < -0.4 is 10.5 Å². The van der Waals surface area contributed by atoms with Crippen LogP contribution in [0.1, 0.15) is 32.0 Å². The van der Waals surface area contributed by atoms with Crippen LogP contribution in [0.15, 0.2) is 42.7 Å². The summed E-state index contributed by atoms with van der Waals surface area (Å²) in [6, 6.07) is 7.75. The smallest absolute Gasteiger partial charge is 0.433 e. The molecule has 3 aromatic rings. The van der Waals surface area contributed by atoms with E-state index in [0.717, 1.165) is 6.20 Å². The molecular weight excluding hydrogens is 381 g/mol. The zero-order valence-electron chi connectivity index (χ0n) is 16.5. The van der Waals surface area contributed by atoms with Gasteiger partial charge in [0.05, 0.1) is 5.69 Å². The van der Waals surface area contributed by atoms with Crippen molar-refractivity contribution in [3.05, 3.63) is 54.0 Å². The summed E-state index contributed by atoms with van der Waals surface area (Å²) in [5.74, 6) is 0.527. The van der Waals surface area contributed by atoms with Crippen molar-refractivity contribution >= 4 is 5.82 Å². The lowest BCUT2D eigenvalue weighted by molar-refractivity contribution is -0.140. The van der Waals surface area contributed by atoms with Crippen molar-refractivity contribution in [1.82, 2.24) is 15.0 Å². The topological polar surface area (TPSA) is 73.9 Å². The normalized spacial score (nSPS) is 12.1. The fourth-order valence-electron chi connectivity index (χ4n) is 2.86. The number of rotatable bonds is 3. The van der Waals surface area contributed by atoms with Crippen LogP contribution in [0.3, 0.4) is 0 Å². The molecule has 0 amide bonds. The number of hydrogen-bond donors (Lipinski definition) is 1. The summed E-state index contributed by atoms with van der Waals surface area (Å²) in [7, 11) is 0. The van der Waals surface area contributed by atoms with Crippen LogP contribution in [0.4, 0.5) is 19.0 Å². The van der Waals surface area contributed by atoms with Crippen molar-refractivity contribution in [3.8, 4) is 28.3 Å². The first-order chi connectivity index (χ1) is 13.5. The lowest BCUT2D eigenvalue weighted by Crippen LogP contribution is -2.24.